The first-order valence-electron chi connectivity index (χ1n) is 6.42. The zero-order chi connectivity index (χ0) is 13.7. The third-order valence-corrected chi connectivity index (χ3v) is 3.49. The van der Waals surface area contributed by atoms with E-state index in [-0.39, 0.29) is 6.04 Å². The summed E-state index contributed by atoms with van der Waals surface area (Å²) >= 11 is 3.44. The molecular weight excluding hydrogens is 302 g/mol. The van der Waals surface area contributed by atoms with Crippen LogP contribution in [0.3, 0.4) is 0 Å². The Labute approximate surface area is 122 Å². The summed E-state index contributed by atoms with van der Waals surface area (Å²) in [5.41, 5.74) is 8.60. The summed E-state index contributed by atoms with van der Waals surface area (Å²) in [6, 6.07) is 16.3. The van der Waals surface area contributed by atoms with Crippen molar-refractivity contribution in [3.05, 3.63) is 64.1 Å². The van der Waals surface area contributed by atoms with E-state index in [1.165, 1.54) is 5.56 Å². The number of ether oxygens (including phenoxy) is 1. The van der Waals surface area contributed by atoms with Crippen LogP contribution in [0, 0.1) is 0 Å². The van der Waals surface area contributed by atoms with Crippen molar-refractivity contribution in [2.24, 2.45) is 5.73 Å². The molecule has 0 aliphatic carbocycles. The molecule has 19 heavy (non-hydrogen) atoms. The molecule has 0 aromatic heterocycles. The van der Waals surface area contributed by atoms with Crippen molar-refractivity contribution < 1.29 is 4.74 Å². The highest BCUT2D eigenvalue weighted by atomic mass is 79.9. The van der Waals surface area contributed by atoms with Gasteiger partial charge in [-0.2, -0.15) is 0 Å². The molecule has 0 saturated heterocycles. The van der Waals surface area contributed by atoms with Crippen LogP contribution in [0.1, 0.15) is 24.1 Å². The van der Waals surface area contributed by atoms with Gasteiger partial charge < -0.3 is 10.5 Å². The lowest BCUT2D eigenvalue weighted by atomic mass is 9.99. The molecule has 2 aromatic rings. The molecule has 0 aliphatic heterocycles. The summed E-state index contributed by atoms with van der Waals surface area (Å²) < 4.78 is 6.59. The summed E-state index contributed by atoms with van der Waals surface area (Å²) in [6.45, 7) is 2.65. The van der Waals surface area contributed by atoms with Gasteiger partial charge >= 0.3 is 0 Å². The fourth-order valence-corrected chi connectivity index (χ4v) is 2.26. The average Bonchev–Trinajstić information content (AvgIpc) is 2.42. The van der Waals surface area contributed by atoms with Crippen LogP contribution in [-0.4, -0.2) is 6.61 Å². The summed E-state index contributed by atoms with van der Waals surface area (Å²) in [5.74, 6) is 0.881. The van der Waals surface area contributed by atoms with Gasteiger partial charge in [0, 0.05) is 10.5 Å². The van der Waals surface area contributed by atoms with Crippen molar-refractivity contribution in [2.75, 3.05) is 6.61 Å². The lowest BCUT2D eigenvalue weighted by molar-refractivity contribution is 0.339. The smallest absolute Gasteiger partial charge is 0.119 e. The van der Waals surface area contributed by atoms with Crippen molar-refractivity contribution in [1.82, 2.24) is 0 Å². The van der Waals surface area contributed by atoms with E-state index < -0.39 is 0 Å². The van der Waals surface area contributed by atoms with Crippen LogP contribution in [0.2, 0.25) is 0 Å². The fraction of sp³-hybridized carbons (Fsp3) is 0.250. The van der Waals surface area contributed by atoms with Gasteiger partial charge in [0.25, 0.3) is 0 Å². The van der Waals surface area contributed by atoms with Crippen molar-refractivity contribution in [3.8, 4) is 5.75 Å². The van der Waals surface area contributed by atoms with Gasteiger partial charge in [0.05, 0.1) is 6.61 Å². The Morgan fingerprint density at radius 2 is 1.89 bits per heavy atom. The Kier molecular flexibility index (Phi) is 5.00. The SMILES string of the molecule is CCOc1cccc(C(N)Cc2ccc(Br)cc2)c1. The second kappa shape index (κ2) is 6.73. The zero-order valence-corrected chi connectivity index (χ0v) is 12.6. The molecule has 0 radical (unpaired) electrons. The van der Waals surface area contributed by atoms with E-state index in [0.717, 1.165) is 22.2 Å². The molecule has 0 fully saturated rings. The summed E-state index contributed by atoms with van der Waals surface area (Å²) in [5, 5.41) is 0. The van der Waals surface area contributed by atoms with E-state index in [0.29, 0.717) is 6.61 Å². The van der Waals surface area contributed by atoms with Gasteiger partial charge in [-0.3, -0.25) is 0 Å². The molecular formula is C16H18BrNO. The second-order valence-corrected chi connectivity index (χ2v) is 5.36. The van der Waals surface area contributed by atoms with Gasteiger partial charge in [-0.05, 0) is 48.7 Å². The summed E-state index contributed by atoms with van der Waals surface area (Å²) in [7, 11) is 0. The molecule has 0 bridgehead atoms. The van der Waals surface area contributed by atoms with E-state index in [1.54, 1.807) is 0 Å². The monoisotopic (exact) mass is 319 g/mol. The van der Waals surface area contributed by atoms with Crippen LogP contribution < -0.4 is 10.5 Å². The van der Waals surface area contributed by atoms with E-state index >= 15 is 0 Å². The minimum atomic E-state index is -0.0124. The predicted octanol–water partition coefficient (Wildman–Crippen LogP) is 4.09. The van der Waals surface area contributed by atoms with Crippen molar-refractivity contribution in [3.63, 3.8) is 0 Å². The number of rotatable bonds is 5. The molecule has 0 heterocycles. The molecule has 0 amide bonds. The molecule has 2 N–H and O–H groups in total. The van der Waals surface area contributed by atoms with Crippen LogP contribution in [0.15, 0.2) is 53.0 Å². The largest absolute Gasteiger partial charge is 0.494 e. The highest BCUT2D eigenvalue weighted by Gasteiger charge is 2.08. The fourth-order valence-electron chi connectivity index (χ4n) is 1.99. The van der Waals surface area contributed by atoms with Crippen molar-refractivity contribution >= 4 is 15.9 Å². The van der Waals surface area contributed by atoms with Gasteiger partial charge in [-0.1, -0.05) is 40.2 Å². The van der Waals surface area contributed by atoms with Gasteiger partial charge in [0.2, 0.25) is 0 Å². The van der Waals surface area contributed by atoms with E-state index in [1.807, 2.05) is 43.3 Å². The van der Waals surface area contributed by atoms with Crippen LogP contribution in [0.5, 0.6) is 5.75 Å². The predicted molar refractivity (Wildman–Crippen MR) is 82.4 cm³/mol. The minimum Gasteiger partial charge on any atom is -0.494 e. The van der Waals surface area contributed by atoms with Crippen LogP contribution in [0.25, 0.3) is 0 Å². The van der Waals surface area contributed by atoms with Crippen molar-refractivity contribution in [2.45, 2.75) is 19.4 Å². The molecule has 3 heteroatoms. The number of hydrogen-bond donors (Lipinski definition) is 1. The van der Waals surface area contributed by atoms with Gasteiger partial charge in [0.1, 0.15) is 5.75 Å². The quantitative estimate of drug-likeness (QED) is 0.900. The first-order chi connectivity index (χ1) is 9.19. The molecule has 0 spiro atoms. The Bertz CT molecular complexity index is 525. The third kappa shape index (κ3) is 4.08. The van der Waals surface area contributed by atoms with Gasteiger partial charge in [-0.25, -0.2) is 0 Å². The first-order valence-corrected chi connectivity index (χ1v) is 7.21. The number of halogens is 1. The third-order valence-electron chi connectivity index (χ3n) is 2.97. The molecule has 1 atom stereocenters. The maximum Gasteiger partial charge on any atom is 0.119 e. The van der Waals surface area contributed by atoms with Crippen LogP contribution in [0.4, 0.5) is 0 Å². The first kappa shape index (κ1) is 14.1. The number of nitrogens with two attached hydrogens (primary N) is 1. The minimum absolute atomic E-state index is 0.0124. The Balaban J connectivity index is 2.08. The molecule has 2 rings (SSSR count). The topological polar surface area (TPSA) is 35.2 Å². The Morgan fingerprint density at radius 1 is 1.16 bits per heavy atom. The molecule has 1 unspecified atom stereocenters. The van der Waals surface area contributed by atoms with Crippen LogP contribution >= 0.6 is 15.9 Å². The summed E-state index contributed by atoms with van der Waals surface area (Å²) in [6.07, 6.45) is 0.822. The van der Waals surface area contributed by atoms with Gasteiger partial charge in [-0.15, -0.1) is 0 Å². The Morgan fingerprint density at radius 3 is 2.58 bits per heavy atom. The molecule has 2 nitrogen and oxygen atoms in total. The van der Waals surface area contributed by atoms with E-state index in [2.05, 4.69) is 28.1 Å². The lowest BCUT2D eigenvalue weighted by Crippen LogP contribution is -2.13. The molecule has 0 saturated carbocycles. The maximum atomic E-state index is 6.26. The molecule has 100 valence electrons. The number of benzene rings is 2. The highest BCUT2D eigenvalue weighted by molar-refractivity contribution is 9.10. The summed E-state index contributed by atoms with van der Waals surface area (Å²) in [4.78, 5) is 0. The van der Waals surface area contributed by atoms with Crippen LogP contribution in [-0.2, 0) is 6.42 Å². The van der Waals surface area contributed by atoms with Gasteiger partial charge in [0.15, 0.2) is 0 Å². The molecule has 2 aromatic carbocycles. The maximum absolute atomic E-state index is 6.26. The second-order valence-electron chi connectivity index (χ2n) is 4.44. The number of hydrogen-bond acceptors (Lipinski definition) is 2. The zero-order valence-electron chi connectivity index (χ0n) is 11.0. The van der Waals surface area contributed by atoms with E-state index in [9.17, 15) is 0 Å². The normalized spacial score (nSPS) is 12.2. The lowest BCUT2D eigenvalue weighted by Gasteiger charge is -2.13. The Hall–Kier alpha value is -1.32. The average molecular weight is 320 g/mol. The molecule has 0 aliphatic rings. The highest BCUT2D eigenvalue weighted by Crippen LogP contribution is 2.21. The van der Waals surface area contributed by atoms with Crippen molar-refractivity contribution in [1.29, 1.82) is 0 Å². The standard InChI is InChI=1S/C16H18BrNO/c1-2-19-15-5-3-4-13(11-15)16(18)10-12-6-8-14(17)9-7-12/h3-9,11,16H,2,10,18H2,1H3. The van der Waals surface area contributed by atoms with E-state index in [4.69, 9.17) is 10.5 Å².